The lowest BCUT2D eigenvalue weighted by atomic mass is 10.1. The molecule has 1 heterocycles. The summed E-state index contributed by atoms with van der Waals surface area (Å²) in [4.78, 5) is 28.7. The Hall–Kier alpha value is -4.65. The summed E-state index contributed by atoms with van der Waals surface area (Å²) in [5, 5.41) is 11.8. The number of hydrogen-bond donors (Lipinski definition) is 2. The molecule has 0 saturated carbocycles. The molecule has 0 saturated heterocycles. The molecular formula is C28H24N2O5. The number of carboxylic acid groups (broad SMARTS) is 1. The molecule has 2 N–H and O–H groups in total. The third kappa shape index (κ3) is 5.47. The van der Waals surface area contributed by atoms with Gasteiger partial charge < -0.3 is 19.6 Å². The first-order valence-corrected chi connectivity index (χ1v) is 11.0. The third-order valence-electron chi connectivity index (χ3n) is 5.24. The highest BCUT2D eigenvalue weighted by Gasteiger charge is 2.23. The molecule has 1 amide bonds. The molecule has 1 unspecified atom stereocenters. The molecular weight excluding hydrogens is 444 g/mol. The van der Waals surface area contributed by atoms with E-state index in [-0.39, 0.29) is 17.4 Å². The number of carboxylic acids is 1. The Labute approximate surface area is 202 Å². The molecule has 1 atom stereocenters. The van der Waals surface area contributed by atoms with Gasteiger partial charge in [-0.2, -0.15) is 0 Å². The number of oxazole rings is 1. The number of nitrogens with one attached hydrogen (secondary N) is 1. The molecule has 35 heavy (non-hydrogen) atoms. The number of likely N-dealkylation sites (N-methyl/N-ethyl adjacent to an activating group) is 1. The van der Waals surface area contributed by atoms with Gasteiger partial charge in [-0.25, -0.2) is 9.78 Å². The zero-order chi connectivity index (χ0) is 24.8. The number of aromatic nitrogens is 1. The summed E-state index contributed by atoms with van der Waals surface area (Å²) in [5.74, 6) is -0.372. The molecule has 4 rings (SSSR count). The molecule has 0 aliphatic rings. The molecule has 0 fully saturated rings. The molecule has 0 aliphatic carbocycles. The number of nitrogens with zero attached hydrogens (tertiary/aromatic N) is 1. The normalized spacial score (nSPS) is 12.1. The minimum Gasteiger partial charge on any atom is -0.479 e. The van der Waals surface area contributed by atoms with Crippen LogP contribution in [0, 0.1) is 0 Å². The maximum absolute atomic E-state index is 12.9. The minimum absolute atomic E-state index is 0.160. The zero-order valence-electron chi connectivity index (χ0n) is 19.3. The van der Waals surface area contributed by atoms with Crippen LogP contribution < -0.4 is 10.1 Å². The predicted molar refractivity (Wildman–Crippen MR) is 133 cm³/mol. The van der Waals surface area contributed by atoms with Crippen molar-refractivity contribution in [3.8, 4) is 28.3 Å². The van der Waals surface area contributed by atoms with Crippen molar-refractivity contribution in [1.82, 2.24) is 10.3 Å². The third-order valence-corrected chi connectivity index (χ3v) is 5.24. The van der Waals surface area contributed by atoms with E-state index in [2.05, 4.69) is 5.32 Å². The van der Waals surface area contributed by atoms with E-state index in [9.17, 15) is 9.59 Å². The van der Waals surface area contributed by atoms with E-state index in [0.29, 0.717) is 22.8 Å². The van der Waals surface area contributed by atoms with Crippen LogP contribution >= 0.6 is 0 Å². The van der Waals surface area contributed by atoms with Gasteiger partial charge in [0, 0.05) is 18.2 Å². The van der Waals surface area contributed by atoms with Crippen LogP contribution in [0.3, 0.4) is 0 Å². The Morgan fingerprint density at radius 2 is 1.63 bits per heavy atom. The maximum Gasteiger partial charge on any atom is 0.344 e. The minimum atomic E-state index is -1.07. The Balaban J connectivity index is 1.81. The summed E-state index contributed by atoms with van der Waals surface area (Å²) in [5.41, 5.74) is 3.15. The number of ether oxygens (including phenoxy) is 1. The molecule has 3 aromatic carbocycles. The van der Waals surface area contributed by atoms with Crippen molar-refractivity contribution in [3.63, 3.8) is 0 Å². The number of hydrogen-bond acceptors (Lipinski definition) is 5. The number of carbonyl (C=O) groups is 2. The number of benzene rings is 3. The van der Waals surface area contributed by atoms with Gasteiger partial charge in [0.25, 0.3) is 5.91 Å². The lowest BCUT2D eigenvalue weighted by Crippen LogP contribution is -2.22. The monoisotopic (exact) mass is 468 g/mol. The van der Waals surface area contributed by atoms with Crippen molar-refractivity contribution in [2.45, 2.75) is 13.0 Å². The number of carbonyl (C=O) groups excluding carboxylic acids is 1. The van der Waals surface area contributed by atoms with Crippen LogP contribution in [0.2, 0.25) is 0 Å². The quantitative estimate of drug-likeness (QED) is 0.347. The lowest BCUT2D eigenvalue weighted by Gasteiger charge is -2.10. The van der Waals surface area contributed by atoms with E-state index in [1.165, 1.54) is 14.0 Å². The summed E-state index contributed by atoms with van der Waals surface area (Å²) in [7, 11) is 1.53. The standard InChI is InChI=1S/C28H24N2O5/c1-18(28(32)33)34-22-15-9-10-19(16-22)17-23(26(31)29-2)27-30-24(20-11-5-3-6-12-20)25(35-27)21-13-7-4-8-14-21/h3-18H,1-2H3,(H,29,31)(H,32,33)/b23-17+. The van der Waals surface area contributed by atoms with Gasteiger partial charge >= 0.3 is 5.97 Å². The van der Waals surface area contributed by atoms with Crippen molar-refractivity contribution >= 4 is 23.5 Å². The van der Waals surface area contributed by atoms with Gasteiger partial charge in [-0.15, -0.1) is 0 Å². The van der Waals surface area contributed by atoms with Gasteiger partial charge in [0.15, 0.2) is 11.9 Å². The Morgan fingerprint density at radius 1 is 0.971 bits per heavy atom. The van der Waals surface area contributed by atoms with Crippen LogP contribution in [0.5, 0.6) is 5.75 Å². The smallest absolute Gasteiger partial charge is 0.344 e. The molecule has 0 spiro atoms. The van der Waals surface area contributed by atoms with Crippen molar-refractivity contribution in [2.75, 3.05) is 7.05 Å². The van der Waals surface area contributed by atoms with Gasteiger partial charge in [0.05, 0.1) is 0 Å². The maximum atomic E-state index is 12.9. The molecule has 7 nitrogen and oxygen atoms in total. The summed E-state index contributed by atoms with van der Waals surface area (Å²) in [6.45, 7) is 1.45. The molecule has 7 heteroatoms. The van der Waals surface area contributed by atoms with E-state index in [0.717, 1.165) is 11.1 Å². The van der Waals surface area contributed by atoms with Gasteiger partial charge in [-0.1, -0.05) is 72.8 Å². The second-order valence-corrected chi connectivity index (χ2v) is 7.74. The summed E-state index contributed by atoms with van der Waals surface area (Å²) >= 11 is 0. The first-order chi connectivity index (χ1) is 17.0. The van der Waals surface area contributed by atoms with E-state index in [1.807, 2.05) is 60.7 Å². The first kappa shape index (κ1) is 23.5. The molecule has 176 valence electrons. The molecule has 1 aromatic heterocycles. The Bertz CT molecular complexity index is 1300. The first-order valence-electron chi connectivity index (χ1n) is 11.0. The SMILES string of the molecule is CNC(=O)/C(=C\c1cccc(OC(C)C(=O)O)c1)c1nc(-c2ccccc2)c(-c2ccccc2)o1. The molecule has 0 bridgehead atoms. The van der Waals surface area contributed by atoms with E-state index >= 15 is 0 Å². The highest BCUT2D eigenvalue weighted by Crippen LogP contribution is 2.35. The lowest BCUT2D eigenvalue weighted by molar-refractivity contribution is -0.144. The van der Waals surface area contributed by atoms with Gasteiger partial charge in [-0.05, 0) is 30.7 Å². The van der Waals surface area contributed by atoms with Crippen LogP contribution in [-0.2, 0) is 9.59 Å². The fourth-order valence-corrected chi connectivity index (χ4v) is 3.47. The second-order valence-electron chi connectivity index (χ2n) is 7.74. The molecule has 4 aromatic rings. The largest absolute Gasteiger partial charge is 0.479 e. The van der Waals surface area contributed by atoms with E-state index < -0.39 is 12.1 Å². The van der Waals surface area contributed by atoms with Gasteiger partial charge in [0.1, 0.15) is 17.0 Å². The average Bonchev–Trinajstić information content (AvgIpc) is 3.33. The Kier molecular flexibility index (Phi) is 7.07. The number of rotatable bonds is 8. The summed E-state index contributed by atoms with van der Waals surface area (Å²) in [6.07, 6.45) is 0.619. The molecule has 0 aliphatic heterocycles. The van der Waals surface area contributed by atoms with Crippen molar-refractivity contribution in [3.05, 3.63) is 96.4 Å². The predicted octanol–water partition coefficient (Wildman–Crippen LogP) is 5.15. The number of amides is 1. The van der Waals surface area contributed by atoms with Gasteiger partial charge in [-0.3, -0.25) is 4.79 Å². The van der Waals surface area contributed by atoms with Gasteiger partial charge in [0.2, 0.25) is 5.89 Å². The van der Waals surface area contributed by atoms with E-state index in [1.54, 1.807) is 30.3 Å². The average molecular weight is 469 g/mol. The van der Waals surface area contributed by atoms with Crippen molar-refractivity contribution in [1.29, 1.82) is 0 Å². The second kappa shape index (κ2) is 10.5. The zero-order valence-corrected chi connectivity index (χ0v) is 19.3. The van der Waals surface area contributed by atoms with Crippen LogP contribution in [-0.4, -0.2) is 35.1 Å². The topological polar surface area (TPSA) is 102 Å². The van der Waals surface area contributed by atoms with Crippen LogP contribution in [0.15, 0.2) is 89.3 Å². The van der Waals surface area contributed by atoms with Crippen LogP contribution in [0.25, 0.3) is 34.2 Å². The van der Waals surface area contributed by atoms with Crippen molar-refractivity contribution in [2.24, 2.45) is 0 Å². The highest BCUT2D eigenvalue weighted by atomic mass is 16.5. The summed E-state index contributed by atoms with van der Waals surface area (Å²) in [6, 6.07) is 26.0. The van der Waals surface area contributed by atoms with Crippen molar-refractivity contribution < 1.29 is 23.8 Å². The van der Waals surface area contributed by atoms with Crippen LogP contribution in [0.4, 0.5) is 0 Å². The van der Waals surface area contributed by atoms with E-state index in [4.69, 9.17) is 19.2 Å². The number of aliphatic carboxylic acids is 1. The highest BCUT2D eigenvalue weighted by molar-refractivity contribution is 6.23. The fraction of sp³-hybridized carbons (Fsp3) is 0.107. The summed E-state index contributed by atoms with van der Waals surface area (Å²) < 4.78 is 11.7. The fourth-order valence-electron chi connectivity index (χ4n) is 3.47. The molecule has 0 radical (unpaired) electrons. The van der Waals surface area contributed by atoms with Crippen LogP contribution in [0.1, 0.15) is 18.4 Å². The Morgan fingerprint density at radius 3 is 2.26 bits per heavy atom.